The lowest BCUT2D eigenvalue weighted by molar-refractivity contribution is 0.110. The average molecular weight is 238 g/mol. The van der Waals surface area contributed by atoms with Crippen LogP contribution in [-0.2, 0) is 4.74 Å². The Morgan fingerprint density at radius 3 is 2.82 bits per heavy atom. The van der Waals surface area contributed by atoms with Crippen LogP contribution in [0.4, 0.5) is 11.6 Å². The van der Waals surface area contributed by atoms with E-state index in [1.165, 1.54) is 0 Å². The van der Waals surface area contributed by atoms with Gasteiger partial charge in [0.2, 0.25) is 0 Å². The van der Waals surface area contributed by atoms with Crippen LogP contribution in [0.2, 0.25) is 0 Å². The summed E-state index contributed by atoms with van der Waals surface area (Å²) in [5, 5.41) is 3.22. The maximum atomic E-state index is 5.49. The summed E-state index contributed by atoms with van der Waals surface area (Å²) in [6.07, 6.45) is 0.967. The number of ether oxygens (including phenoxy) is 1. The minimum Gasteiger partial charge on any atom is -0.381 e. The molecular weight excluding hydrogens is 216 g/mol. The van der Waals surface area contributed by atoms with Gasteiger partial charge in [0.1, 0.15) is 11.6 Å². The van der Waals surface area contributed by atoms with Crippen LogP contribution in [0.25, 0.3) is 0 Å². The molecule has 0 aliphatic heterocycles. The molecule has 0 atom stereocenters. The largest absolute Gasteiger partial charge is 0.381 e. The van der Waals surface area contributed by atoms with Gasteiger partial charge in [-0.2, -0.15) is 0 Å². The van der Waals surface area contributed by atoms with Crippen LogP contribution < -0.4 is 16.6 Å². The average Bonchev–Trinajstić information content (AvgIpc) is 2.33. The number of pyridine rings is 1. The fraction of sp³-hybridized carbons (Fsp3) is 0.583. The molecule has 0 amide bonds. The molecule has 1 aromatic heterocycles. The number of hydrogen-bond acceptors (Lipinski definition) is 5. The van der Waals surface area contributed by atoms with Gasteiger partial charge in [-0.05, 0) is 24.5 Å². The number of hydrogen-bond donors (Lipinski definition) is 3. The Bertz CT molecular complexity index is 317. The zero-order valence-electron chi connectivity index (χ0n) is 10.6. The van der Waals surface area contributed by atoms with Crippen molar-refractivity contribution in [2.24, 2.45) is 11.8 Å². The Hall–Kier alpha value is -1.33. The van der Waals surface area contributed by atoms with Gasteiger partial charge in [0.25, 0.3) is 0 Å². The second-order valence-corrected chi connectivity index (χ2v) is 4.30. The normalized spacial score (nSPS) is 10.6. The fourth-order valence-electron chi connectivity index (χ4n) is 1.32. The van der Waals surface area contributed by atoms with Crippen molar-refractivity contribution in [2.75, 3.05) is 30.5 Å². The minimum absolute atomic E-state index is 0.594. The van der Waals surface area contributed by atoms with Crippen molar-refractivity contribution in [3.63, 3.8) is 0 Å². The molecule has 0 aliphatic carbocycles. The number of rotatable bonds is 8. The zero-order valence-corrected chi connectivity index (χ0v) is 10.6. The molecule has 0 unspecified atom stereocenters. The maximum Gasteiger partial charge on any atom is 0.142 e. The van der Waals surface area contributed by atoms with Gasteiger partial charge in [0, 0.05) is 19.8 Å². The first kappa shape index (κ1) is 13.7. The van der Waals surface area contributed by atoms with Gasteiger partial charge in [-0.1, -0.05) is 19.9 Å². The third-order valence-corrected chi connectivity index (χ3v) is 2.12. The molecule has 96 valence electrons. The molecule has 17 heavy (non-hydrogen) atoms. The molecule has 5 heteroatoms. The van der Waals surface area contributed by atoms with Gasteiger partial charge < -0.3 is 15.5 Å². The van der Waals surface area contributed by atoms with Crippen LogP contribution in [0.15, 0.2) is 18.2 Å². The predicted octanol–water partition coefficient (Wildman–Crippen LogP) is 1.84. The lowest BCUT2D eigenvalue weighted by Gasteiger charge is -2.08. The van der Waals surface area contributed by atoms with E-state index < -0.39 is 0 Å². The van der Waals surface area contributed by atoms with Gasteiger partial charge in [0.15, 0.2) is 0 Å². The van der Waals surface area contributed by atoms with Gasteiger partial charge in [-0.3, -0.25) is 0 Å². The van der Waals surface area contributed by atoms with Crippen molar-refractivity contribution in [2.45, 2.75) is 20.3 Å². The third kappa shape index (κ3) is 6.09. The second-order valence-electron chi connectivity index (χ2n) is 4.30. The molecule has 0 saturated carbocycles. The number of nitrogen functional groups attached to an aromatic ring is 1. The Labute approximate surface area is 103 Å². The van der Waals surface area contributed by atoms with Crippen LogP contribution in [0, 0.1) is 5.92 Å². The van der Waals surface area contributed by atoms with Crippen molar-refractivity contribution in [3.8, 4) is 0 Å². The highest BCUT2D eigenvalue weighted by Gasteiger charge is 1.96. The molecule has 0 aromatic carbocycles. The summed E-state index contributed by atoms with van der Waals surface area (Å²) in [6.45, 7) is 6.74. The lowest BCUT2D eigenvalue weighted by atomic mass is 10.2. The summed E-state index contributed by atoms with van der Waals surface area (Å²) in [4.78, 5) is 4.25. The monoisotopic (exact) mass is 238 g/mol. The molecular formula is C12H22N4O. The smallest absolute Gasteiger partial charge is 0.142 e. The number of nitrogens with two attached hydrogens (primary N) is 1. The maximum absolute atomic E-state index is 5.49. The summed E-state index contributed by atoms with van der Waals surface area (Å²) >= 11 is 0. The molecule has 5 nitrogen and oxygen atoms in total. The minimum atomic E-state index is 0.594. The van der Waals surface area contributed by atoms with E-state index in [9.17, 15) is 0 Å². The van der Waals surface area contributed by atoms with Crippen LogP contribution >= 0.6 is 0 Å². The van der Waals surface area contributed by atoms with Crippen molar-refractivity contribution >= 4 is 11.6 Å². The van der Waals surface area contributed by atoms with Crippen LogP contribution in [0.5, 0.6) is 0 Å². The highest BCUT2D eigenvalue weighted by Crippen LogP contribution is 2.07. The first-order valence-electron chi connectivity index (χ1n) is 5.97. The molecule has 0 radical (unpaired) electrons. The Kier molecular flexibility index (Phi) is 6.35. The molecule has 4 N–H and O–H groups in total. The highest BCUT2D eigenvalue weighted by molar-refractivity contribution is 5.44. The van der Waals surface area contributed by atoms with E-state index in [0.29, 0.717) is 11.7 Å². The number of nitrogens with zero attached hydrogens (tertiary/aromatic N) is 1. The number of hydrazine groups is 1. The number of nitrogens with one attached hydrogen (secondary N) is 2. The molecule has 0 saturated heterocycles. The molecule has 0 fully saturated rings. The Morgan fingerprint density at radius 1 is 1.35 bits per heavy atom. The van der Waals surface area contributed by atoms with E-state index in [4.69, 9.17) is 10.6 Å². The first-order valence-corrected chi connectivity index (χ1v) is 5.97. The molecule has 1 heterocycles. The summed E-state index contributed by atoms with van der Waals surface area (Å²) in [5.74, 6) is 7.36. The number of anilines is 2. The molecule has 0 spiro atoms. The summed E-state index contributed by atoms with van der Waals surface area (Å²) in [5.41, 5.74) is 2.51. The van der Waals surface area contributed by atoms with E-state index in [1.54, 1.807) is 0 Å². The third-order valence-electron chi connectivity index (χ3n) is 2.12. The molecule has 0 aliphatic rings. The fourth-order valence-corrected chi connectivity index (χ4v) is 1.32. The van der Waals surface area contributed by atoms with Gasteiger partial charge in [-0.25, -0.2) is 10.8 Å². The van der Waals surface area contributed by atoms with Crippen LogP contribution in [0.3, 0.4) is 0 Å². The lowest BCUT2D eigenvalue weighted by Crippen LogP contribution is -2.11. The van der Waals surface area contributed by atoms with Crippen LogP contribution in [0.1, 0.15) is 20.3 Å². The van der Waals surface area contributed by atoms with Crippen molar-refractivity contribution in [3.05, 3.63) is 18.2 Å². The first-order chi connectivity index (χ1) is 8.22. The summed E-state index contributed by atoms with van der Waals surface area (Å²) < 4.78 is 5.49. The van der Waals surface area contributed by atoms with Crippen molar-refractivity contribution in [1.82, 2.24) is 4.98 Å². The van der Waals surface area contributed by atoms with Gasteiger partial charge in [-0.15, -0.1) is 0 Å². The molecule has 1 rings (SSSR count). The van der Waals surface area contributed by atoms with Crippen LogP contribution in [-0.4, -0.2) is 24.7 Å². The topological polar surface area (TPSA) is 72.2 Å². The van der Waals surface area contributed by atoms with E-state index in [2.05, 4.69) is 29.6 Å². The summed E-state index contributed by atoms with van der Waals surface area (Å²) in [6, 6.07) is 5.63. The Balaban J connectivity index is 2.13. The Morgan fingerprint density at radius 2 is 2.12 bits per heavy atom. The predicted molar refractivity (Wildman–Crippen MR) is 70.8 cm³/mol. The second kappa shape index (κ2) is 7.86. The molecule has 1 aromatic rings. The molecule has 0 bridgehead atoms. The summed E-state index contributed by atoms with van der Waals surface area (Å²) in [7, 11) is 0. The standard InChI is InChI=1S/C12H22N4O/c1-10(2)9-17-8-4-7-14-11-5-3-6-12(15-11)16-13/h3,5-6,10H,4,7-9,13H2,1-2H3,(H2,14,15,16). The van der Waals surface area contributed by atoms with E-state index in [-0.39, 0.29) is 0 Å². The SMILES string of the molecule is CC(C)COCCCNc1cccc(NN)n1. The van der Waals surface area contributed by atoms with E-state index in [1.807, 2.05) is 18.2 Å². The highest BCUT2D eigenvalue weighted by atomic mass is 16.5. The quantitative estimate of drug-likeness (QED) is 0.366. The van der Waals surface area contributed by atoms with E-state index in [0.717, 1.165) is 32.0 Å². The van der Waals surface area contributed by atoms with Gasteiger partial charge in [0.05, 0.1) is 0 Å². The van der Waals surface area contributed by atoms with E-state index >= 15 is 0 Å². The van der Waals surface area contributed by atoms with Crippen molar-refractivity contribution in [1.29, 1.82) is 0 Å². The number of aromatic nitrogens is 1. The zero-order chi connectivity index (χ0) is 12.5. The van der Waals surface area contributed by atoms with Gasteiger partial charge >= 0.3 is 0 Å². The van der Waals surface area contributed by atoms with Crippen molar-refractivity contribution < 1.29 is 4.74 Å².